The zero-order valence-electron chi connectivity index (χ0n) is 7.79. The molecule has 0 atom stereocenters. The second kappa shape index (κ2) is 5.18. The third-order valence-corrected chi connectivity index (χ3v) is 1.32. The molecule has 0 aromatic carbocycles. The summed E-state index contributed by atoms with van der Waals surface area (Å²) in [5.41, 5.74) is -0.159. The number of hydrogen-bond donors (Lipinski definition) is 1. The standard InChI is InChI=1S/C8H12O5/c1-4-13-7(10)5(2)6(9)8(11)12-3/h9H,4H2,1-3H3/b6-5-. The molecular formula is C8H12O5. The Hall–Kier alpha value is -1.52. The molecule has 0 saturated carbocycles. The number of rotatable bonds is 3. The van der Waals surface area contributed by atoms with Gasteiger partial charge < -0.3 is 14.6 Å². The maximum Gasteiger partial charge on any atom is 0.373 e. The van der Waals surface area contributed by atoms with Crippen LogP contribution in [-0.2, 0) is 19.1 Å². The van der Waals surface area contributed by atoms with Gasteiger partial charge in [-0.25, -0.2) is 9.59 Å². The summed E-state index contributed by atoms with van der Waals surface area (Å²) in [6.45, 7) is 3.09. The van der Waals surface area contributed by atoms with Gasteiger partial charge in [-0.2, -0.15) is 0 Å². The average Bonchev–Trinajstić information content (AvgIpc) is 2.14. The summed E-state index contributed by atoms with van der Waals surface area (Å²) in [5.74, 6) is -2.41. The molecule has 0 rings (SSSR count). The minimum absolute atomic E-state index is 0.159. The first-order chi connectivity index (χ1) is 6.04. The molecule has 0 fully saturated rings. The van der Waals surface area contributed by atoms with Crippen LogP contribution in [0.1, 0.15) is 13.8 Å². The van der Waals surface area contributed by atoms with Crippen LogP contribution in [0.5, 0.6) is 0 Å². The van der Waals surface area contributed by atoms with Crippen molar-refractivity contribution in [3.63, 3.8) is 0 Å². The van der Waals surface area contributed by atoms with E-state index >= 15 is 0 Å². The zero-order chi connectivity index (χ0) is 10.4. The van der Waals surface area contributed by atoms with Gasteiger partial charge in [-0.05, 0) is 13.8 Å². The Morgan fingerprint density at radius 1 is 1.31 bits per heavy atom. The summed E-state index contributed by atoms with van der Waals surface area (Å²) in [4.78, 5) is 21.7. The van der Waals surface area contributed by atoms with E-state index in [1.165, 1.54) is 6.92 Å². The Balaban J connectivity index is 4.60. The van der Waals surface area contributed by atoms with Crippen LogP contribution in [-0.4, -0.2) is 30.8 Å². The van der Waals surface area contributed by atoms with Crippen molar-refractivity contribution in [3.05, 3.63) is 11.3 Å². The highest BCUT2D eigenvalue weighted by molar-refractivity contribution is 5.98. The fourth-order valence-electron chi connectivity index (χ4n) is 0.586. The number of esters is 2. The number of aliphatic hydroxyl groups is 1. The van der Waals surface area contributed by atoms with E-state index in [0.29, 0.717) is 0 Å². The van der Waals surface area contributed by atoms with Gasteiger partial charge in [-0.3, -0.25) is 0 Å². The van der Waals surface area contributed by atoms with E-state index in [-0.39, 0.29) is 12.2 Å². The first-order valence-electron chi connectivity index (χ1n) is 3.69. The number of ether oxygens (including phenoxy) is 2. The highest BCUT2D eigenvalue weighted by Crippen LogP contribution is 2.04. The van der Waals surface area contributed by atoms with Crippen molar-refractivity contribution in [1.29, 1.82) is 0 Å². The molecule has 0 radical (unpaired) electrons. The normalized spacial score (nSPS) is 11.6. The van der Waals surface area contributed by atoms with Crippen LogP contribution in [0.3, 0.4) is 0 Å². The van der Waals surface area contributed by atoms with Crippen LogP contribution < -0.4 is 0 Å². The van der Waals surface area contributed by atoms with Crippen LogP contribution in [0, 0.1) is 0 Å². The second-order valence-electron chi connectivity index (χ2n) is 2.19. The van der Waals surface area contributed by atoms with Crippen LogP contribution in [0.25, 0.3) is 0 Å². The van der Waals surface area contributed by atoms with E-state index in [4.69, 9.17) is 5.11 Å². The van der Waals surface area contributed by atoms with E-state index in [0.717, 1.165) is 7.11 Å². The molecule has 0 amide bonds. The van der Waals surface area contributed by atoms with Crippen molar-refractivity contribution in [2.24, 2.45) is 0 Å². The van der Waals surface area contributed by atoms with Gasteiger partial charge in [0, 0.05) is 0 Å². The minimum Gasteiger partial charge on any atom is -0.501 e. The summed E-state index contributed by atoms with van der Waals surface area (Å²) in [6.07, 6.45) is 0. The Kier molecular flexibility index (Phi) is 4.58. The summed E-state index contributed by atoms with van der Waals surface area (Å²) in [7, 11) is 1.11. The van der Waals surface area contributed by atoms with Gasteiger partial charge in [-0.1, -0.05) is 0 Å². The molecule has 5 nitrogen and oxygen atoms in total. The summed E-state index contributed by atoms with van der Waals surface area (Å²) < 4.78 is 8.76. The molecule has 0 saturated heterocycles. The highest BCUT2D eigenvalue weighted by Gasteiger charge is 2.17. The lowest BCUT2D eigenvalue weighted by atomic mass is 10.2. The van der Waals surface area contributed by atoms with Crippen molar-refractivity contribution >= 4 is 11.9 Å². The van der Waals surface area contributed by atoms with Crippen LogP contribution in [0.2, 0.25) is 0 Å². The molecule has 0 bridgehead atoms. The van der Waals surface area contributed by atoms with Gasteiger partial charge in [0.15, 0.2) is 0 Å². The maximum absolute atomic E-state index is 11.0. The number of methoxy groups -OCH3 is 1. The molecule has 74 valence electrons. The topological polar surface area (TPSA) is 72.8 Å². The zero-order valence-corrected chi connectivity index (χ0v) is 7.79. The number of carbonyl (C=O) groups is 2. The largest absolute Gasteiger partial charge is 0.501 e. The van der Waals surface area contributed by atoms with Gasteiger partial charge in [0.1, 0.15) is 0 Å². The molecule has 0 aliphatic carbocycles. The van der Waals surface area contributed by atoms with E-state index in [1.807, 2.05) is 0 Å². The molecule has 0 aliphatic heterocycles. The summed E-state index contributed by atoms with van der Waals surface area (Å²) in [6, 6.07) is 0. The Morgan fingerprint density at radius 2 is 1.85 bits per heavy atom. The van der Waals surface area contributed by atoms with Gasteiger partial charge in [0.05, 0.1) is 19.3 Å². The Morgan fingerprint density at radius 3 is 2.23 bits per heavy atom. The summed E-state index contributed by atoms with van der Waals surface area (Å²) >= 11 is 0. The molecule has 0 aromatic heterocycles. The number of carbonyl (C=O) groups excluding carboxylic acids is 2. The van der Waals surface area contributed by atoms with Crippen LogP contribution in [0.4, 0.5) is 0 Å². The molecule has 13 heavy (non-hydrogen) atoms. The molecule has 0 heterocycles. The van der Waals surface area contributed by atoms with Crippen LogP contribution in [0.15, 0.2) is 11.3 Å². The van der Waals surface area contributed by atoms with E-state index < -0.39 is 17.7 Å². The van der Waals surface area contributed by atoms with Crippen molar-refractivity contribution in [3.8, 4) is 0 Å². The van der Waals surface area contributed by atoms with Crippen molar-refractivity contribution in [2.75, 3.05) is 13.7 Å². The van der Waals surface area contributed by atoms with Gasteiger partial charge >= 0.3 is 11.9 Å². The number of hydrogen-bond acceptors (Lipinski definition) is 5. The molecule has 1 N–H and O–H groups in total. The van der Waals surface area contributed by atoms with Gasteiger partial charge in [0.2, 0.25) is 5.76 Å². The molecule has 0 aromatic rings. The number of aliphatic hydroxyl groups excluding tert-OH is 1. The quantitative estimate of drug-likeness (QED) is 0.398. The molecule has 5 heteroatoms. The second-order valence-corrected chi connectivity index (χ2v) is 2.19. The summed E-state index contributed by atoms with van der Waals surface area (Å²) in [5, 5.41) is 9.09. The SMILES string of the molecule is CCOC(=O)/C(C)=C(\O)C(=O)OC. The molecule has 0 aliphatic rings. The third kappa shape index (κ3) is 3.14. The Bertz CT molecular complexity index is 241. The smallest absolute Gasteiger partial charge is 0.373 e. The molecule has 0 unspecified atom stereocenters. The van der Waals surface area contributed by atoms with Gasteiger partial charge in [0.25, 0.3) is 0 Å². The lowest BCUT2D eigenvalue weighted by molar-refractivity contribution is -0.142. The predicted octanol–water partition coefficient (Wildman–Crippen LogP) is 0.554. The minimum atomic E-state index is -0.953. The highest BCUT2D eigenvalue weighted by atomic mass is 16.5. The van der Waals surface area contributed by atoms with E-state index in [9.17, 15) is 9.59 Å². The maximum atomic E-state index is 11.0. The van der Waals surface area contributed by atoms with Crippen molar-refractivity contribution < 1.29 is 24.2 Å². The average molecular weight is 188 g/mol. The van der Waals surface area contributed by atoms with E-state index in [2.05, 4.69) is 9.47 Å². The fourth-order valence-corrected chi connectivity index (χ4v) is 0.586. The lowest BCUT2D eigenvalue weighted by Gasteiger charge is -2.03. The van der Waals surface area contributed by atoms with Crippen LogP contribution >= 0.6 is 0 Å². The monoisotopic (exact) mass is 188 g/mol. The first kappa shape index (κ1) is 11.5. The molecular weight excluding hydrogens is 176 g/mol. The predicted molar refractivity (Wildman–Crippen MR) is 44.0 cm³/mol. The Labute approximate surface area is 75.9 Å². The van der Waals surface area contributed by atoms with Crippen molar-refractivity contribution in [2.45, 2.75) is 13.8 Å². The first-order valence-corrected chi connectivity index (χ1v) is 3.69. The third-order valence-electron chi connectivity index (χ3n) is 1.32. The molecule has 0 spiro atoms. The fraction of sp³-hybridized carbons (Fsp3) is 0.500. The lowest BCUT2D eigenvalue weighted by Crippen LogP contribution is -2.13. The van der Waals surface area contributed by atoms with Crippen molar-refractivity contribution in [1.82, 2.24) is 0 Å². The van der Waals surface area contributed by atoms with Gasteiger partial charge in [-0.15, -0.1) is 0 Å². The van der Waals surface area contributed by atoms with E-state index in [1.54, 1.807) is 6.92 Å².